The van der Waals surface area contributed by atoms with E-state index in [1.54, 1.807) is 11.8 Å². The lowest BCUT2D eigenvalue weighted by Crippen LogP contribution is -2.45. The predicted octanol–water partition coefficient (Wildman–Crippen LogP) is 1.05. The lowest BCUT2D eigenvalue weighted by molar-refractivity contribution is -0.138. The Morgan fingerprint density at radius 2 is 1.75 bits per heavy atom. The van der Waals surface area contributed by atoms with Crippen LogP contribution in [0, 0.1) is 17.7 Å². The van der Waals surface area contributed by atoms with E-state index in [1.165, 1.54) is 24.3 Å². The van der Waals surface area contributed by atoms with Gasteiger partial charge in [-0.15, -0.1) is 0 Å². The molecule has 3 saturated heterocycles. The second-order valence-corrected chi connectivity index (χ2v) is 8.09. The monoisotopic (exact) mass is 388 g/mol. The quantitative estimate of drug-likeness (QED) is 0.759. The van der Waals surface area contributed by atoms with E-state index in [-0.39, 0.29) is 12.5 Å². The van der Waals surface area contributed by atoms with E-state index in [0.29, 0.717) is 30.5 Å². The Bertz CT molecular complexity index is 785. The van der Waals surface area contributed by atoms with Gasteiger partial charge < -0.3 is 15.5 Å². The van der Waals surface area contributed by atoms with Gasteiger partial charge in [-0.05, 0) is 62.4 Å². The molecule has 0 saturated carbocycles. The number of urea groups is 1. The van der Waals surface area contributed by atoms with Gasteiger partial charge in [0.25, 0.3) is 5.91 Å². The number of likely N-dealkylation sites (tertiary alicyclic amines) is 1. The van der Waals surface area contributed by atoms with Crippen molar-refractivity contribution >= 4 is 17.8 Å². The lowest BCUT2D eigenvalue weighted by atomic mass is 9.92. The number of imide groups is 1. The third kappa shape index (κ3) is 3.26. The highest BCUT2D eigenvalue weighted by atomic mass is 19.1. The van der Waals surface area contributed by atoms with E-state index >= 15 is 0 Å². The molecule has 28 heavy (non-hydrogen) atoms. The molecule has 0 spiro atoms. The average Bonchev–Trinajstić information content (AvgIpc) is 3.13. The van der Waals surface area contributed by atoms with E-state index in [4.69, 9.17) is 0 Å². The van der Waals surface area contributed by atoms with Gasteiger partial charge in [-0.1, -0.05) is 12.1 Å². The number of amides is 4. The van der Waals surface area contributed by atoms with Crippen molar-refractivity contribution in [2.45, 2.75) is 25.3 Å². The predicted molar refractivity (Wildman–Crippen MR) is 99.7 cm³/mol. The summed E-state index contributed by atoms with van der Waals surface area (Å²) in [4.78, 5) is 40.9. The number of hydrogen-bond donors (Lipinski definition) is 2. The van der Waals surface area contributed by atoms with Crippen molar-refractivity contribution in [3.8, 4) is 0 Å². The summed E-state index contributed by atoms with van der Waals surface area (Å²) in [5, 5.41) is 6.06. The van der Waals surface area contributed by atoms with Crippen LogP contribution in [0.1, 0.15) is 25.3 Å². The first-order valence-electron chi connectivity index (χ1n) is 9.77. The fourth-order valence-electron chi connectivity index (χ4n) is 4.52. The number of carbonyl (C=O) groups excluding carboxylic acids is 3. The maximum atomic E-state index is 13.2. The smallest absolute Gasteiger partial charge is 0.325 e. The molecule has 7 nitrogen and oxygen atoms in total. The summed E-state index contributed by atoms with van der Waals surface area (Å²) < 4.78 is 13.2. The molecule has 0 aliphatic carbocycles. The molecule has 4 rings (SSSR count). The zero-order valence-corrected chi connectivity index (χ0v) is 15.9. The molecule has 0 aromatic heterocycles. The van der Waals surface area contributed by atoms with Crippen molar-refractivity contribution in [1.29, 1.82) is 0 Å². The number of nitrogens with zero attached hydrogens (tertiary/aromatic N) is 2. The molecule has 0 radical (unpaired) electrons. The number of fused-ring (bicyclic) bond motifs is 1. The van der Waals surface area contributed by atoms with Crippen LogP contribution < -0.4 is 10.6 Å². The third-order valence-electron chi connectivity index (χ3n) is 6.36. The molecule has 3 aliphatic rings. The average molecular weight is 388 g/mol. The van der Waals surface area contributed by atoms with Gasteiger partial charge in [-0.2, -0.15) is 0 Å². The first-order chi connectivity index (χ1) is 13.4. The molecule has 3 fully saturated rings. The SMILES string of the molecule is CC1(c2ccc(F)cc2)NC(=O)N(CC(=O)N2CC[C@@H]3CNC[C@@H]3CC2)C1=O. The van der Waals surface area contributed by atoms with Crippen molar-refractivity contribution in [2.75, 3.05) is 32.7 Å². The Balaban J connectivity index is 1.44. The van der Waals surface area contributed by atoms with Crippen LogP contribution in [0.15, 0.2) is 24.3 Å². The third-order valence-corrected chi connectivity index (χ3v) is 6.36. The molecular weight excluding hydrogens is 363 g/mol. The molecule has 1 aromatic rings. The molecule has 3 heterocycles. The maximum Gasteiger partial charge on any atom is 0.325 e. The highest BCUT2D eigenvalue weighted by molar-refractivity contribution is 6.09. The molecule has 4 amide bonds. The van der Waals surface area contributed by atoms with Gasteiger partial charge in [0, 0.05) is 13.1 Å². The van der Waals surface area contributed by atoms with Gasteiger partial charge >= 0.3 is 6.03 Å². The van der Waals surface area contributed by atoms with Gasteiger partial charge in [0.2, 0.25) is 5.91 Å². The van der Waals surface area contributed by atoms with Crippen molar-refractivity contribution in [3.05, 3.63) is 35.6 Å². The van der Waals surface area contributed by atoms with Crippen LogP contribution in [0.3, 0.4) is 0 Å². The molecular formula is C20H25FN4O3. The van der Waals surface area contributed by atoms with E-state index in [9.17, 15) is 18.8 Å². The van der Waals surface area contributed by atoms with Crippen LogP contribution in [0.2, 0.25) is 0 Å². The van der Waals surface area contributed by atoms with Gasteiger partial charge in [-0.3, -0.25) is 14.5 Å². The first kappa shape index (κ1) is 18.9. The lowest BCUT2D eigenvalue weighted by Gasteiger charge is -2.24. The molecule has 3 aliphatic heterocycles. The Kier molecular flexibility index (Phi) is 4.82. The van der Waals surface area contributed by atoms with Crippen LogP contribution in [-0.4, -0.2) is 60.4 Å². The standard InChI is InChI=1S/C20H25FN4O3/c1-20(15-2-4-16(21)5-3-15)18(27)25(19(28)23-20)12-17(26)24-8-6-13-10-22-11-14(13)7-9-24/h2-5,13-14,22H,6-12H2,1H3,(H,23,28)/t13-,14+,20?. The highest BCUT2D eigenvalue weighted by Gasteiger charge is 2.49. The summed E-state index contributed by atoms with van der Waals surface area (Å²) in [6.07, 6.45) is 1.88. The van der Waals surface area contributed by atoms with Gasteiger partial charge in [0.15, 0.2) is 0 Å². The summed E-state index contributed by atoms with van der Waals surface area (Å²) in [5.74, 6) is 0.0676. The number of benzene rings is 1. The van der Waals surface area contributed by atoms with Crippen LogP contribution in [0.4, 0.5) is 9.18 Å². The summed E-state index contributed by atoms with van der Waals surface area (Å²) in [6, 6.07) is 4.84. The minimum atomic E-state index is -1.30. The number of nitrogens with one attached hydrogen (secondary N) is 2. The zero-order valence-electron chi connectivity index (χ0n) is 15.9. The fraction of sp³-hybridized carbons (Fsp3) is 0.550. The number of carbonyl (C=O) groups is 3. The number of hydrogen-bond acceptors (Lipinski definition) is 4. The molecule has 1 unspecified atom stereocenters. The number of rotatable bonds is 3. The van der Waals surface area contributed by atoms with E-state index in [0.717, 1.165) is 30.8 Å². The second-order valence-electron chi connectivity index (χ2n) is 8.09. The summed E-state index contributed by atoms with van der Waals surface area (Å²) in [5.41, 5.74) is -0.815. The highest BCUT2D eigenvalue weighted by Crippen LogP contribution is 2.30. The topological polar surface area (TPSA) is 81.8 Å². The van der Waals surface area contributed by atoms with E-state index in [2.05, 4.69) is 10.6 Å². The van der Waals surface area contributed by atoms with Crippen molar-refractivity contribution in [2.24, 2.45) is 11.8 Å². The first-order valence-corrected chi connectivity index (χ1v) is 9.77. The Labute approximate surface area is 163 Å². The molecule has 2 N–H and O–H groups in total. The number of halogens is 1. The van der Waals surface area contributed by atoms with Crippen molar-refractivity contribution in [1.82, 2.24) is 20.4 Å². The zero-order chi connectivity index (χ0) is 19.9. The minimum Gasteiger partial charge on any atom is -0.341 e. The van der Waals surface area contributed by atoms with Gasteiger partial charge in [-0.25, -0.2) is 9.18 Å². The Morgan fingerprint density at radius 1 is 1.14 bits per heavy atom. The fourth-order valence-corrected chi connectivity index (χ4v) is 4.52. The van der Waals surface area contributed by atoms with E-state index < -0.39 is 23.3 Å². The Hall–Kier alpha value is -2.48. The second kappa shape index (κ2) is 7.16. The summed E-state index contributed by atoms with van der Waals surface area (Å²) in [6.45, 7) is 4.60. The van der Waals surface area contributed by atoms with Gasteiger partial charge in [0.1, 0.15) is 17.9 Å². The normalized spacial score (nSPS) is 30.2. The van der Waals surface area contributed by atoms with Crippen molar-refractivity contribution in [3.63, 3.8) is 0 Å². The van der Waals surface area contributed by atoms with Crippen LogP contribution in [-0.2, 0) is 15.1 Å². The summed E-state index contributed by atoms with van der Waals surface area (Å²) in [7, 11) is 0. The van der Waals surface area contributed by atoms with Crippen LogP contribution in [0.25, 0.3) is 0 Å². The van der Waals surface area contributed by atoms with Crippen molar-refractivity contribution < 1.29 is 18.8 Å². The Morgan fingerprint density at radius 3 is 2.36 bits per heavy atom. The maximum absolute atomic E-state index is 13.2. The minimum absolute atomic E-state index is 0.209. The molecule has 3 atom stereocenters. The van der Waals surface area contributed by atoms with Crippen LogP contribution in [0.5, 0.6) is 0 Å². The van der Waals surface area contributed by atoms with Gasteiger partial charge in [0.05, 0.1) is 0 Å². The molecule has 8 heteroatoms. The largest absolute Gasteiger partial charge is 0.341 e. The molecule has 0 bridgehead atoms. The van der Waals surface area contributed by atoms with E-state index in [1.807, 2.05) is 0 Å². The molecule has 1 aromatic carbocycles. The molecule has 150 valence electrons. The summed E-state index contributed by atoms with van der Waals surface area (Å²) >= 11 is 0. The van der Waals surface area contributed by atoms with Crippen LogP contribution >= 0.6 is 0 Å².